The molecule has 1 saturated heterocycles. The number of ether oxygens (including phenoxy) is 1. The van der Waals surface area contributed by atoms with Crippen molar-refractivity contribution in [3.8, 4) is 5.75 Å². The van der Waals surface area contributed by atoms with E-state index in [2.05, 4.69) is 58.3 Å². The van der Waals surface area contributed by atoms with Crippen molar-refractivity contribution >= 4 is 11.5 Å². The van der Waals surface area contributed by atoms with E-state index in [9.17, 15) is 0 Å². The summed E-state index contributed by atoms with van der Waals surface area (Å²) in [5, 5.41) is 0. The first-order valence-electron chi connectivity index (χ1n) is 8.76. The molecule has 1 fully saturated rings. The summed E-state index contributed by atoms with van der Waals surface area (Å²) in [5.74, 6) is 1.87. The highest BCUT2D eigenvalue weighted by molar-refractivity contribution is 6.00. The number of fused-ring (bicyclic) bond motifs is 1. The lowest BCUT2D eigenvalue weighted by atomic mass is 10.1. The molecule has 0 unspecified atom stereocenters. The maximum Gasteiger partial charge on any atom is 0.133 e. The van der Waals surface area contributed by atoms with Crippen LogP contribution in [0, 0.1) is 0 Å². The van der Waals surface area contributed by atoms with Gasteiger partial charge < -0.3 is 19.4 Å². The number of nitrogens with zero attached hydrogens (tertiary/aromatic N) is 4. The predicted octanol–water partition coefficient (Wildman–Crippen LogP) is 2.41. The molecule has 3 aliphatic rings. The van der Waals surface area contributed by atoms with Crippen LogP contribution in [0.25, 0.3) is 5.70 Å². The van der Waals surface area contributed by atoms with Gasteiger partial charge in [-0.3, -0.25) is 0 Å². The van der Waals surface area contributed by atoms with Crippen molar-refractivity contribution in [3.05, 3.63) is 60.0 Å². The number of likely N-dealkylation sites (N-methyl/N-ethyl adjacent to an activating group) is 1. The van der Waals surface area contributed by atoms with Crippen LogP contribution in [0.4, 0.5) is 0 Å². The van der Waals surface area contributed by atoms with E-state index in [0.29, 0.717) is 0 Å². The highest BCUT2D eigenvalue weighted by Gasteiger charge is 2.21. The van der Waals surface area contributed by atoms with Gasteiger partial charge in [-0.15, -0.1) is 0 Å². The molecule has 25 heavy (non-hydrogen) atoms. The molecule has 4 rings (SSSR count). The molecule has 130 valence electrons. The molecule has 3 heterocycles. The van der Waals surface area contributed by atoms with Gasteiger partial charge in [-0.25, -0.2) is 4.99 Å². The predicted molar refractivity (Wildman–Crippen MR) is 101 cm³/mol. The molecular formula is C20H24N4O. The summed E-state index contributed by atoms with van der Waals surface area (Å²) < 4.78 is 5.23. The molecule has 0 saturated carbocycles. The molecule has 0 atom stereocenters. The molecule has 1 aromatic rings. The molecule has 0 aromatic heterocycles. The van der Waals surface area contributed by atoms with Crippen molar-refractivity contribution < 1.29 is 4.74 Å². The molecule has 5 heteroatoms. The molecule has 0 radical (unpaired) electrons. The zero-order valence-corrected chi connectivity index (χ0v) is 14.9. The van der Waals surface area contributed by atoms with Crippen molar-refractivity contribution in [2.45, 2.75) is 0 Å². The summed E-state index contributed by atoms with van der Waals surface area (Å²) >= 11 is 0. The van der Waals surface area contributed by atoms with Crippen LogP contribution in [-0.4, -0.2) is 67.4 Å². The van der Waals surface area contributed by atoms with Crippen LogP contribution in [0.5, 0.6) is 5.75 Å². The number of amidine groups is 1. The lowest BCUT2D eigenvalue weighted by Crippen LogP contribution is -2.44. The van der Waals surface area contributed by atoms with E-state index >= 15 is 0 Å². The Balaban J connectivity index is 1.48. The maximum atomic E-state index is 5.23. The molecular weight excluding hydrogens is 312 g/mol. The standard InChI is InChI=1S/C20H24N4O/c1-22-11-13-23(14-12-22)17-5-8-20-21-19(9-10-24(20)15-17)16-3-6-18(25-2)7-4-16/h3-9,15H,10-14H2,1-2H3. The Bertz CT molecular complexity index is 752. The Kier molecular flexibility index (Phi) is 4.32. The Morgan fingerprint density at radius 1 is 1.00 bits per heavy atom. The summed E-state index contributed by atoms with van der Waals surface area (Å²) in [5.41, 5.74) is 3.43. The minimum Gasteiger partial charge on any atom is -0.497 e. The van der Waals surface area contributed by atoms with Crippen LogP contribution >= 0.6 is 0 Å². The van der Waals surface area contributed by atoms with Crippen LogP contribution in [0.1, 0.15) is 5.56 Å². The van der Waals surface area contributed by atoms with Gasteiger partial charge in [0.1, 0.15) is 11.6 Å². The number of methoxy groups -OCH3 is 1. The zero-order chi connectivity index (χ0) is 17.2. The van der Waals surface area contributed by atoms with Gasteiger partial charge >= 0.3 is 0 Å². The molecule has 0 aliphatic carbocycles. The van der Waals surface area contributed by atoms with Crippen molar-refractivity contribution in [2.75, 3.05) is 46.9 Å². The fourth-order valence-electron chi connectivity index (χ4n) is 3.32. The second kappa shape index (κ2) is 6.76. The van der Waals surface area contributed by atoms with E-state index in [1.165, 1.54) is 5.70 Å². The van der Waals surface area contributed by atoms with E-state index in [4.69, 9.17) is 9.73 Å². The Morgan fingerprint density at radius 2 is 1.76 bits per heavy atom. The molecule has 0 spiro atoms. The Morgan fingerprint density at radius 3 is 2.48 bits per heavy atom. The highest BCUT2D eigenvalue weighted by atomic mass is 16.5. The quantitative estimate of drug-likeness (QED) is 0.848. The van der Waals surface area contributed by atoms with Crippen molar-refractivity contribution in [3.63, 3.8) is 0 Å². The number of allylic oxidation sites excluding steroid dienone is 1. The SMILES string of the molecule is COc1ccc(C2=CCN3C=C(N4CCN(C)CC4)C=CC3=N2)cc1. The third kappa shape index (κ3) is 3.33. The minimum absolute atomic E-state index is 0.849. The van der Waals surface area contributed by atoms with Gasteiger partial charge in [0.15, 0.2) is 0 Å². The number of rotatable bonds is 3. The first-order chi connectivity index (χ1) is 12.2. The van der Waals surface area contributed by atoms with Gasteiger partial charge in [-0.05, 0) is 49.5 Å². The largest absolute Gasteiger partial charge is 0.497 e. The first-order valence-corrected chi connectivity index (χ1v) is 8.76. The molecule has 0 bridgehead atoms. The van der Waals surface area contributed by atoms with Gasteiger partial charge in [0.25, 0.3) is 0 Å². The Labute approximate surface area is 149 Å². The number of hydrogen-bond acceptors (Lipinski definition) is 5. The van der Waals surface area contributed by atoms with Gasteiger partial charge in [0, 0.05) is 44.5 Å². The van der Waals surface area contributed by atoms with E-state index in [-0.39, 0.29) is 0 Å². The smallest absolute Gasteiger partial charge is 0.133 e. The summed E-state index contributed by atoms with van der Waals surface area (Å²) in [6, 6.07) is 8.07. The first kappa shape index (κ1) is 16.0. The van der Waals surface area contributed by atoms with Crippen LogP contribution < -0.4 is 4.74 Å². The van der Waals surface area contributed by atoms with E-state index in [1.807, 2.05) is 12.1 Å². The number of aliphatic imine (C=N–C) groups is 1. The summed E-state index contributed by atoms with van der Waals surface area (Å²) in [7, 11) is 3.87. The number of piperazine rings is 1. The minimum atomic E-state index is 0.849. The highest BCUT2D eigenvalue weighted by Crippen LogP contribution is 2.25. The van der Waals surface area contributed by atoms with Gasteiger partial charge in [0.2, 0.25) is 0 Å². The molecule has 0 N–H and O–H groups in total. The zero-order valence-electron chi connectivity index (χ0n) is 14.9. The lowest BCUT2D eigenvalue weighted by Gasteiger charge is -2.37. The summed E-state index contributed by atoms with van der Waals surface area (Å²) in [4.78, 5) is 11.9. The topological polar surface area (TPSA) is 31.3 Å². The molecule has 5 nitrogen and oxygen atoms in total. The monoisotopic (exact) mass is 336 g/mol. The molecule has 3 aliphatic heterocycles. The van der Waals surface area contributed by atoms with Crippen molar-refractivity contribution in [1.82, 2.24) is 14.7 Å². The van der Waals surface area contributed by atoms with Gasteiger partial charge in [0.05, 0.1) is 18.5 Å². The summed E-state index contributed by atoms with van der Waals surface area (Å²) in [6.07, 6.45) is 8.73. The third-order valence-corrected chi connectivity index (χ3v) is 4.96. The van der Waals surface area contributed by atoms with Crippen LogP contribution in [0.15, 0.2) is 59.4 Å². The van der Waals surface area contributed by atoms with Crippen LogP contribution in [0.2, 0.25) is 0 Å². The van der Waals surface area contributed by atoms with Gasteiger partial charge in [-0.1, -0.05) is 0 Å². The fourth-order valence-corrected chi connectivity index (χ4v) is 3.32. The van der Waals surface area contributed by atoms with Crippen LogP contribution in [0.3, 0.4) is 0 Å². The third-order valence-electron chi connectivity index (χ3n) is 4.96. The second-order valence-electron chi connectivity index (χ2n) is 6.62. The fraction of sp³-hybridized carbons (Fsp3) is 0.350. The maximum absolute atomic E-state index is 5.23. The number of hydrogen-bond donors (Lipinski definition) is 0. The van der Waals surface area contributed by atoms with E-state index in [0.717, 1.165) is 55.6 Å². The lowest BCUT2D eigenvalue weighted by molar-refractivity contribution is 0.188. The molecule has 1 aromatic carbocycles. The van der Waals surface area contributed by atoms with Crippen molar-refractivity contribution in [1.29, 1.82) is 0 Å². The van der Waals surface area contributed by atoms with E-state index in [1.54, 1.807) is 7.11 Å². The second-order valence-corrected chi connectivity index (χ2v) is 6.62. The van der Waals surface area contributed by atoms with E-state index < -0.39 is 0 Å². The Hall–Kier alpha value is -2.53. The van der Waals surface area contributed by atoms with Gasteiger partial charge in [-0.2, -0.15) is 0 Å². The van der Waals surface area contributed by atoms with Crippen LogP contribution in [-0.2, 0) is 0 Å². The number of benzene rings is 1. The molecule has 0 amide bonds. The average molecular weight is 336 g/mol. The normalized spacial score (nSPS) is 20.6. The van der Waals surface area contributed by atoms with Crippen molar-refractivity contribution in [2.24, 2.45) is 4.99 Å². The average Bonchev–Trinajstić information content (AvgIpc) is 2.68. The summed E-state index contributed by atoms with van der Waals surface area (Å²) in [6.45, 7) is 5.25.